The molecule has 0 aromatic carbocycles. The molecule has 112 valence electrons. The van der Waals surface area contributed by atoms with Gasteiger partial charge in [-0.3, -0.25) is 9.69 Å². The molecule has 0 aliphatic heterocycles. The second kappa shape index (κ2) is 7.25. The van der Waals surface area contributed by atoms with Crippen molar-refractivity contribution in [3.63, 3.8) is 0 Å². The minimum atomic E-state index is -0.215. The second-order valence-corrected chi connectivity index (χ2v) is 6.12. The van der Waals surface area contributed by atoms with Crippen LogP contribution < -0.4 is 11.5 Å². The molecule has 4 nitrogen and oxygen atoms in total. The Balaban J connectivity index is 2.72. The predicted molar refractivity (Wildman–Crippen MR) is 79.6 cm³/mol. The minimum absolute atomic E-state index is 0.0874. The Bertz CT molecular complexity index is 285. The monoisotopic (exact) mass is 269 g/mol. The third-order valence-corrected chi connectivity index (χ3v) is 5.03. The normalized spacial score (nSPS) is 29.4. The lowest BCUT2D eigenvalue weighted by Crippen LogP contribution is -2.57. The van der Waals surface area contributed by atoms with E-state index in [0.29, 0.717) is 6.54 Å². The zero-order valence-corrected chi connectivity index (χ0v) is 12.8. The largest absolute Gasteiger partial charge is 0.369 e. The summed E-state index contributed by atoms with van der Waals surface area (Å²) in [5, 5.41) is 0. The van der Waals surface area contributed by atoms with Crippen molar-refractivity contribution in [1.82, 2.24) is 4.90 Å². The van der Waals surface area contributed by atoms with Gasteiger partial charge in [-0.2, -0.15) is 0 Å². The molecule has 0 bridgehead atoms. The summed E-state index contributed by atoms with van der Waals surface area (Å²) >= 11 is 0. The third-order valence-electron chi connectivity index (χ3n) is 5.03. The van der Waals surface area contributed by atoms with E-state index in [0.717, 1.165) is 31.8 Å². The summed E-state index contributed by atoms with van der Waals surface area (Å²) in [4.78, 5) is 13.7. The lowest BCUT2D eigenvalue weighted by atomic mass is 9.74. The molecule has 1 rings (SSSR count). The molecule has 0 saturated heterocycles. The Hall–Kier alpha value is -0.610. The fraction of sp³-hybridized carbons (Fsp3) is 0.933. The standard InChI is InChI=1S/C15H31N3O/c1-4-13-6-8-15(11-16,9-7-13)18(5-2)10-12(3)14(17)19/h12-13H,4-11,16H2,1-3H3,(H2,17,19). The Kier molecular flexibility index (Phi) is 6.27. The summed E-state index contributed by atoms with van der Waals surface area (Å²) in [7, 11) is 0. The van der Waals surface area contributed by atoms with Gasteiger partial charge in [-0.25, -0.2) is 0 Å². The lowest BCUT2D eigenvalue weighted by Gasteiger charge is -2.48. The quantitative estimate of drug-likeness (QED) is 0.739. The highest BCUT2D eigenvalue weighted by Crippen LogP contribution is 2.37. The number of primary amides is 1. The third kappa shape index (κ3) is 3.93. The smallest absolute Gasteiger partial charge is 0.221 e. The number of nitrogens with two attached hydrogens (primary N) is 2. The molecule has 4 heteroatoms. The maximum atomic E-state index is 11.3. The first-order chi connectivity index (χ1) is 8.99. The van der Waals surface area contributed by atoms with Crippen LogP contribution in [0, 0.1) is 11.8 Å². The zero-order valence-electron chi connectivity index (χ0n) is 12.8. The van der Waals surface area contributed by atoms with Crippen LogP contribution in [0.15, 0.2) is 0 Å². The predicted octanol–water partition coefficient (Wildman–Crippen LogP) is 1.73. The molecule has 1 unspecified atom stereocenters. The molecule has 1 fully saturated rings. The minimum Gasteiger partial charge on any atom is -0.369 e. The first-order valence-electron chi connectivity index (χ1n) is 7.73. The van der Waals surface area contributed by atoms with Crippen molar-refractivity contribution in [2.75, 3.05) is 19.6 Å². The summed E-state index contributed by atoms with van der Waals surface area (Å²) in [6.07, 6.45) is 6.09. The van der Waals surface area contributed by atoms with E-state index in [9.17, 15) is 4.79 Å². The van der Waals surface area contributed by atoms with Crippen molar-refractivity contribution in [3.05, 3.63) is 0 Å². The SMILES string of the molecule is CCC1CCC(CN)(N(CC)CC(C)C(N)=O)CC1. The van der Waals surface area contributed by atoms with Gasteiger partial charge in [0.15, 0.2) is 0 Å². The molecule has 1 aliphatic rings. The van der Waals surface area contributed by atoms with E-state index in [1.807, 2.05) is 6.92 Å². The van der Waals surface area contributed by atoms with Crippen LogP contribution in [0.1, 0.15) is 52.9 Å². The average molecular weight is 269 g/mol. The van der Waals surface area contributed by atoms with E-state index in [1.165, 1.54) is 19.3 Å². The van der Waals surface area contributed by atoms with Gasteiger partial charge in [-0.1, -0.05) is 27.2 Å². The van der Waals surface area contributed by atoms with E-state index < -0.39 is 0 Å². The van der Waals surface area contributed by atoms with Crippen LogP contribution in [-0.2, 0) is 4.79 Å². The Morgan fingerprint density at radius 3 is 2.32 bits per heavy atom. The number of carbonyl (C=O) groups is 1. The molecule has 1 atom stereocenters. The van der Waals surface area contributed by atoms with Gasteiger partial charge >= 0.3 is 0 Å². The molecular weight excluding hydrogens is 238 g/mol. The summed E-state index contributed by atoms with van der Waals surface area (Å²) in [5.74, 6) is 0.534. The first kappa shape index (κ1) is 16.4. The topological polar surface area (TPSA) is 72.3 Å². The van der Waals surface area contributed by atoms with E-state index >= 15 is 0 Å². The van der Waals surface area contributed by atoms with Gasteiger partial charge in [-0.05, 0) is 38.1 Å². The second-order valence-electron chi connectivity index (χ2n) is 6.12. The number of amides is 1. The molecular formula is C15H31N3O. The molecule has 1 saturated carbocycles. The number of likely N-dealkylation sites (N-methyl/N-ethyl adjacent to an activating group) is 1. The van der Waals surface area contributed by atoms with E-state index in [-0.39, 0.29) is 17.4 Å². The summed E-state index contributed by atoms with van der Waals surface area (Å²) in [5.41, 5.74) is 11.6. The molecule has 0 heterocycles. The van der Waals surface area contributed by atoms with Crippen LogP contribution in [0.3, 0.4) is 0 Å². The van der Waals surface area contributed by atoms with Crippen molar-refractivity contribution in [1.29, 1.82) is 0 Å². The number of carbonyl (C=O) groups excluding carboxylic acids is 1. The Labute approximate surface area is 117 Å². The van der Waals surface area contributed by atoms with Crippen molar-refractivity contribution in [2.45, 2.75) is 58.4 Å². The van der Waals surface area contributed by atoms with E-state index in [2.05, 4.69) is 18.7 Å². The van der Waals surface area contributed by atoms with Crippen LogP contribution in [0.5, 0.6) is 0 Å². The number of rotatable bonds is 7. The fourth-order valence-corrected chi connectivity index (χ4v) is 3.35. The van der Waals surface area contributed by atoms with Gasteiger partial charge in [0.2, 0.25) is 5.91 Å². The lowest BCUT2D eigenvalue weighted by molar-refractivity contribution is -0.122. The van der Waals surface area contributed by atoms with Crippen molar-refractivity contribution < 1.29 is 4.79 Å². The molecule has 0 spiro atoms. The highest BCUT2D eigenvalue weighted by atomic mass is 16.1. The van der Waals surface area contributed by atoms with Crippen LogP contribution in [-0.4, -0.2) is 36.0 Å². The maximum Gasteiger partial charge on any atom is 0.221 e. The fourth-order valence-electron chi connectivity index (χ4n) is 3.35. The molecule has 19 heavy (non-hydrogen) atoms. The van der Waals surface area contributed by atoms with Crippen LogP contribution >= 0.6 is 0 Å². The van der Waals surface area contributed by atoms with Crippen LogP contribution in [0.2, 0.25) is 0 Å². The molecule has 1 amide bonds. The molecule has 1 aliphatic carbocycles. The number of hydrogen-bond donors (Lipinski definition) is 2. The van der Waals surface area contributed by atoms with Gasteiger partial charge < -0.3 is 11.5 Å². The highest BCUT2D eigenvalue weighted by Gasteiger charge is 2.38. The van der Waals surface area contributed by atoms with Gasteiger partial charge in [0.25, 0.3) is 0 Å². The Morgan fingerprint density at radius 2 is 1.95 bits per heavy atom. The molecule has 0 aromatic rings. The highest BCUT2D eigenvalue weighted by molar-refractivity contribution is 5.76. The number of nitrogens with zero attached hydrogens (tertiary/aromatic N) is 1. The van der Waals surface area contributed by atoms with Gasteiger partial charge in [0, 0.05) is 24.5 Å². The van der Waals surface area contributed by atoms with E-state index in [4.69, 9.17) is 11.5 Å². The van der Waals surface area contributed by atoms with Crippen molar-refractivity contribution in [3.8, 4) is 0 Å². The van der Waals surface area contributed by atoms with Gasteiger partial charge in [0.05, 0.1) is 0 Å². The molecule has 4 N–H and O–H groups in total. The van der Waals surface area contributed by atoms with Gasteiger partial charge in [-0.15, -0.1) is 0 Å². The molecule has 0 radical (unpaired) electrons. The first-order valence-corrected chi connectivity index (χ1v) is 7.73. The summed E-state index contributed by atoms with van der Waals surface area (Å²) in [6, 6.07) is 0. The average Bonchev–Trinajstić information content (AvgIpc) is 2.44. The van der Waals surface area contributed by atoms with Crippen molar-refractivity contribution in [2.24, 2.45) is 23.3 Å². The number of hydrogen-bond acceptors (Lipinski definition) is 3. The summed E-state index contributed by atoms with van der Waals surface area (Å²) in [6.45, 7) is 8.69. The molecule has 0 aromatic heterocycles. The van der Waals surface area contributed by atoms with Crippen molar-refractivity contribution >= 4 is 5.91 Å². The maximum absolute atomic E-state index is 11.3. The zero-order chi connectivity index (χ0) is 14.5. The van der Waals surface area contributed by atoms with Crippen LogP contribution in [0.25, 0.3) is 0 Å². The van der Waals surface area contributed by atoms with E-state index in [1.54, 1.807) is 0 Å². The summed E-state index contributed by atoms with van der Waals surface area (Å²) < 4.78 is 0. The Morgan fingerprint density at radius 1 is 1.37 bits per heavy atom. The van der Waals surface area contributed by atoms with Crippen LogP contribution in [0.4, 0.5) is 0 Å². The van der Waals surface area contributed by atoms with Gasteiger partial charge in [0.1, 0.15) is 0 Å².